The van der Waals surface area contributed by atoms with Gasteiger partial charge in [-0.1, -0.05) is 6.92 Å². The molecular weight excluding hydrogens is 256 g/mol. The summed E-state index contributed by atoms with van der Waals surface area (Å²) in [5.74, 6) is 0.519. The number of alkyl halides is 1. The molecule has 1 aromatic heterocycles. The quantitative estimate of drug-likeness (QED) is 0.649. The molecule has 0 bridgehead atoms. The van der Waals surface area contributed by atoms with E-state index in [-0.39, 0.29) is 0 Å². The van der Waals surface area contributed by atoms with E-state index in [4.69, 9.17) is 16.3 Å². The number of methoxy groups -OCH3 is 1. The minimum absolute atomic E-state index is 0.519. The van der Waals surface area contributed by atoms with Crippen LogP contribution in [0, 0.1) is 0 Å². The standard InChI is InChI=1S/C12H21ClN2OS/c1-3-15(7-8-16-2)6-4-5-12-14-11(9-13)10-17-12/h10H,3-9H2,1-2H3. The van der Waals surface area contributed by atoms with Crippen molar-refractivity contribution >= 4 is 22.9 Å². The molecule has 17 heavy (non-hydrogen) atoms. The zero-order chi connectivity index (χ0) is 12.5. The van der Waals surface area contributed by atoms with E-state index < -0.39 is 0 Å². The lowest BCUT2D eigenvalue weighted by molar-refractivity contribution is 0.150. The first-order chi connectivity index (χ1) is 8.30. The van der Waals surface area contributed by atoms with Crippen LogP contribution in [-0.2, 0) is 17.0 Å². The van der Waals surface area contributed by atoms with Crippen molar-refractivity contribution in [3.05, 3.63) is 16.1 Å². The first kappa shape index (κ1) is 14.9. The maximum absolute atomic E-state index is 5.73. The Morgan fingerprint density at radius 2 is 2.29 bits per heavy atom. The molecule has 0 saturated heterocycles. The van der Waals surface area contributed by atoms with E-state index in [1.54, 1.807) is 18.4 Å². The molecule has 0 amide bonds. The fraction of sp³-hybridized carbons (Fsp3) is 0.750. The predicted octanol–water partition coefficient (Wildman–Crippen LogP) is 2.78. The van der Waals surface area contributed by atoms with Gasteiger partial charge in [-0.3, -0.25) is 0 Å². The van der Waals surface area contributed by atoms with Gasteiger partial charge in [0.2, 0.25) is 0 Å². The lowest BCUT2D eigenvalue weighted by Gasteiger charge is -2.19. The summed E-state index contributed by atoms with van der Waals surface area (Å²) in [6.07, 6.45) is 2.19. The van der Waals surface area contributed by atoms with E-state index >= 15 is 0 Å². The van der Waals surface area contributed by atoms with Gasteiger partial charge in [0.05, 0.1) is 23.2 Å². The third-order valence-electron chi connectivity index (χ3n) is 2.66. The number of nitrogens with zero attached hydrogens (tertiary/aromatic N) is 2. The highest BCUT2D eigenvalue weighted by atomic mass is 35.5. The van der Waals surface area contributed by atoms with Crippen LogP contribution >= 0.6 is 22.9 Å². The van der Waals surface area contributed by atoms with Crippen molar-refractivity contribution in [3.8, 4) is 0 Å². The van der Waals surface area contributed by atoms with Crippen LogP contribution < -0.4 is 0 Å². The summed E-state index contributed by atoms with van der Waals surface area (Å²) in [6.45, 7) is 6.19. The monoisotopic (exact) mass is 276 g/mol. The summed E-state index contributed by atoms with van der Waals surface area (Å²) in [6, 6.07) is 0. The van der Waals surface area contributed by atoms with Crippen molar-refractivity contribution in [2.24, 2.45) is 0 Å². The molecule has 0 radical (unpaired) electrons. The van der Waals surface area contributed by atoms with Crippen LogP contribution in [0.1, 0.15) is 24.0 Å². The fourth-order valence-electron chi connectivity index (χ4n) is 1.63. The van der Waals surface area contributed by atoms with Crippen molar-refractivity contribution in [1.29, 1.82) is 0 Å². The number of hydrogen-bond acceptors (Lipinski definition) is 4. The highest BCUT2D eigenvalue weighted by molar-refractivity contribution is 7.09. The summed E-state index contributed by atoms with van der Waals surface area (Å²) in [5, 5.41) is 3.24. The number of likely N-dealkylation sites (N-methyl/N-ethyl adjacent to an activating group) is 1. The molecule has 1 rings (SSSR count). The highest BCUT2D eigenvalue weighted by Gasteiger charge is 2.04. The minimum Gasteiger partial charge on any atom is -0.383 e. The Bertz CT molecular complexity index is 306. The fourth-order valence-corrected chi connectivity index (χ4v) is 2.70. The van der Waals surface area contributed by atoms with Crippen LogP contribution in [0.4, 0.5) is 0 Å². The lowest BCUT2D eigenvalue weighted by atomic mass is 10.3. The molecule has 1 aromatic rings. The van der Waals surface area contributed by atoms with Crippen molar-refractivity contribution in [2.75, 3.05) is 33.4 Å². The second kappa shape index (κ2) is 8.86. The first-order valence-electron chi connectivity index (χ1n) is 6.00. The van der Waals surface area contributed by atoms with Crippen molar-refractivity contribution in [3.63, 3.8) is 0 Å². The van der Waals surface area contributed by atoms with Crippen LogP contribution in [0.2, 0.25) is 0 Å². The van der Waals surface area contributed by atoms with Gasteiger partial charge < -0.3 is 9.64 Å². The largest absolute Gasteiger partial charge is 0.383 e. The topological polar surface area (TPSA) is 25.4 Å². The molecule has 98 valence electrons. The molecule has 0 atom stereocenters. The molecule has 0 saturated carbocycles. The van der Waals surface area contributed by atoms with Crippen LogP contribution in [0.15, 0.2) is 5.38 Å². The van der Waals surface area contributed by atoms with E-state index in [0.717, 1.165) is 44.8 Å². The Morgan fingerprint density at radius 3 is 2.88 bits per heavy atom. The van der Waals surface area contributed by atoms with Gasteiger partial charge in [-0.15, -0.1) is 22.9 Å². The molecule has 0 aliphatic heterocycles. The molecule has 0 aliphatic rings. The maximum atomic E-state index is 5.73. The second-order valence-corrected chi connectivity index (χ2v) is 5.11. The van der Waals surface area contributed by atoms with E-state index in [1.807, 2.05) is 5.38 Å². The third-order valence-corrected chi connectivity index (χ3v) is 3.89. The number of halogens is 1. The summed E-state index contributed by atoms with van der Waals surface area (Å²) < 4.78 is 5.09. The zero-order valence-corrected chi connectivity index (χ0v) is 12.2. The van der Waals surface area contributed by atoms with Crippen LogP contribution in [0.25, 0.3) is 0 Å². The Kier molecular flexibility index (Phi) is 7.77. The van der Waals surface area contributed by atoms with Crippen molar-refractivity contribution < 1.29 is 4.74 Å². The summed E-state index contributed by atoms with van der Waals surface area (Å²) in [5.41, 5.74) is 0.999. The Morgan fingerprint density at radius 1 is 1.47 bits per heavy atom. The Hall–Kier alpha value is -0.160. The maximum Gasteiger partial charge on any atom is 0.0929 e. The van der Waals surface area contributed by atoms with Gasteiger partial charge >= 0.3 is 0 Å². The highest BCUT2D eigenvalue weighted by Crippen LogP contribution is 2.13. The van der Waals surface area contributed by atoms with Crippen molar-refractivity contribution in [2.45, 2.75) is 25.6 Å². The molecule has 0 spiro atoms. The summed E-state index contributed by atoms with van der Waals surface area (Å²) >= 11 is 7.44. The van der Waals surface area contributed by atoms with E-state index in [0.29, 0.717) is 5.88 Å². The minimum atomic E-state index is 0.519. The molecule has 3 nitrogen and oxygen atoms in total. The van der Waals surface area contributed by atoms with Crippen LogP contribution in [0.3, 0.4) is 0 Å². The third kappa shape index (κ3) is 5.82. The first-order valence-corrected chi connectivity index (χ1v) is 7.42. The molecule has 1 heterocycles. The van der Waals surface area contributed by atoms with Gasteiger partial charge in [-0.2, -0.15) is 0 Å². The molecule has 0 fully saturated rings. The summed E-state index contributed by atoms with van der Waals surface area (Å²) in [4.78, 5) is 6.86. The SMILES string of the molecule is CCN(CCCc1nc(CCl)cs1)CCOC. The van der Waals surface area contributed by atoms with Gasteiger partial charge in [-0.05, 0) is 19.5 Å². The molecule has 0 aliphatic carbocycles. The predicted molar refractivity (Wildman–Crippen MR) is 74.0 cm³/mol. The second-order valence-electron chi connectivity index (χ2n) is 3.90. The normalized spacial score (nSPS) is 11.3. The number of rotatable bonds is 9. The van der Waals surface area contributed by atoms with Gasteiger partial charge in [0.25, 0.3) is 0 Å². The smallest absolute Gasteiger partial charge is 0.0929 e. The molecule has 0 N–H and O–H groups in total. The number of ether oxygens (including phenoxy) is 1. The number of hydrogen-bond donors (Lipinski definition) is 0. The Balaban J connectivity index is 2.21. The zero-order valence-electron chi connectivity index (χ0n) is 10.6. The Labute approximate surface area is 113 Å². The van der Waals surface area contributed by atoms with Gasteiger partial charge in [0, 0.05) is 25.5 Å². The average molecular weight is 277 g/mol. The van der Waals surface area contributed by atoms with E-state index in [9.17, 15) is 0 Å². The number of aromatic nitrogens is 1. The van der Waals surface area contributed by atoms with Gasteiger partial charge in [-0.25, -0.2) is 4.98 Å². The van der Waals surface area contributed by atoms with Crippen molar-refractivity contribution in [1.82, 2.24) is 9.88 Å². The van der Waals surface area contributed by atoms with Gasteiger partial charge in [0.15, 0.2) is 0 Å². The molecule has 5 heteroatoms. The lowest BCUT2D eigenvalue weighted by Crippen LogP contribution is -2.28. The summed E-state index contributed by atoms with van der Waals surface area (Å²) in [7, 11) is 1.75. The molecule has 0 unspecified atom stereocenters. The number of aryl methyl sites for hydroxylation is 1. The molecule has 0 aromatic carbocycles. The average Bonchev–Trinajstić information content (AvgIpc) is 2.81. The molecular formula is C12H21ClN2OS. The van der Waals surface area contributed by atoms with E-state index in [1.165, 1.54) is 5.01 Å². The van der Waals surface area contributed by atoms with Crippen LogP contribution in [0.5, 0.6) is 0 Å². The van der Waals surface area contributed by atoms with E-state index in [2.05, 4.69) is 16.8 Å². The van der Waals surface area contributed by atoms with Crippen LogP contribution in [-0.4, -0.2) is 43.2 Å². The number of thiazole rings is 1. The van der Waals surface area contributed by atoms with Gasteiger partial charge in [0.1, 0.15) is 0 Å².